The number of halogens is 2. The zero-order valence-electron chi connectivity index (χ0n) is 10.3. The highest BCUT2D eigenvalue weighted by molar-refractivity contribution is 9.11. The third kappa shape index (κ3) is 3.52. The molecule has 0 aliphatic carbocycles. The summed E-state index contributed by atoms with van der Waals surface area (Å²) in [5.74, 6) is 0.712. The summed E-state index contributed by atoms with van der Waals surface area (Å²) in [5.41, 5.74) is 7.85. The van der Waals surface area contributed by atoms with E-state index >= 15 is 0 Å². The third-order valence-electron chi connectivity index (χ3n) is 2.54. The van der Waals surface area contributed by atoms with Gasteiger partial charge in [-0.25, -0.2) is 0 Å². The third-order valence-corrected chi connectivity index (χ3v) is 3.60. The SMILES string of the molecule is CCOc1cncc(C(N)c2ncc(Br)cc2Br)c1. The summed E-state index contributed by atoms with van der Waals surface area (Å²) in [6, 6.07) is 3.45. The lowest BCUT2D eigenvalue weighted by Gasteiger charge is -2.14. The molecule has 6 heteroatoms. The first-order valence-electron chi connectivity index (χ1n) is 5.76. The summed E-state index contributed by atoms with van der Waals surface area (Å²) in [5, 5.41) is 0. The van der Waals surface area contributed by atoms with Crippen molar-refractivity contribution in [2.24, 2.45) is 5.73 Å². The van der Waals surface area contributed by atoms with Gasteiger partial charge in [-0.3, -0.25) is 9.97 Å². The molecule has 19 heavy (non-hydrogen) atoms. The van der Waals surface area contributed by atoms with Gasteiger partial charge >= 0.3 is 0 Å². The van der Waals surface area contributed by atoms with Crippen molar-refractivity contribution >= 4 is 31.9 Å². The van der Waals surface area contributed by atoms with Crippen molar-refractivity contribution in [3.8, 4) is 5.75 Å². The van der Waals surface area contributed by atoms with E-state index in [-0.39, 0.29) is 6.04 Å². The number of pyridine rings is 2. The molecule has 2 heterocycles. The van der Waals surface area contributed by atoms with Crippen LogP contribution in [-0.4, -0.2) is 16.6 Å². The van der Waals surface area contributed by atoms with E-state index in [0.717, 1.165) is 20.2 Å². The molecule has 0 bridgehead atoms. The van der Waals surface area contributed by atoms with Crippen molar-refractivity contribution in [1.29, 1.82) is 0 Å². The van der Waals surface area contributed by atoms with Crippen molar-refractivity contribution in [2.45, 2.75) is 13.0 Å². The molecular formula is C13H13Br2N3O. The predicted molar refractivity (Wildman–Crippen MR) is 81.1 cm³/mol. The Kier molecular flexibility index (Phi) is 4.90. The van der Waals surface area contributed by atoms with E-state index in [1.165, 1.54) is 0 Å². The van der Waals surface area contributed by atoms with Gasteiger partial charge in [0.1, 0.15) is 5.75 Å². The molecule has 1 unspecified atom stereocenters. The summed E-state index contributed by atoms with van der Waals surface area (Å²) in [7, 11) is 0. The van der Waals surface area contributed by atoms with Gasteiger partial charge in [0.2, 0.25) is 0 Å². The highest BCUT2D eigenvalue weighted by Crippen LogP contribution is 2.28. The fourth-order valence-corrected chi connectivity index (χ4v) is 2.90. The van der Waals surface area contributed by atoms with Crippen LogP contribution in [0.3, 0.4) is 0 Å². The van der Waals surface area contributed by atoms with E-state index in [2.05, 4.69) is 41.8 Å². The lowest BCUT2D eigenvalue weighted by atomic mass is 10.1. The number of nitrogens with two attached hydrogens (primary N) is 1. The van der Waals surface area contributed by atoms with Gasteiger partial charge in [-0.05, 0) is 56.5 Å². The molecule has 0 spiro atoms. The lowest BCUT2D eigenvalue weighted by Crippen LogP contribution is -2.14. The summed E-state index contributed by atoms with van der Waals surface area (Å²) in [4.78, 5) is 8.48. The van der Waals surface area contributed by atoms with Crippen molar-refractivity contribution in [2.75, 3.05) is 6.61 Å². The molecule has 4 nitrogen and oxygen atoms in total. The molecular weight excluding hydrogens is 374 g/mol. The highest BCUT2D eigenvalue weighted by Gasteiger charge is 2.15. The summed E-state index contributed by atoms with van der Waals surface area (Å²) in [6.07, 6.45) is 5.12. The second-order valence-corrected chi connectivity index (χ2v) is 5.66. The predicted octanol–water partition coefficient (Wildman–Crippen LogP) is 3.45. The average molecular weight is 387 g/mol. The molecule has 1 atom stereocenters. The number of aromatic nitrogens is 2. The molecule has 0 aromatic carbocycles. The van der Waals surface area contributed by atoms with Gasteiger partial charge in [0.15, 0.2) is 0 Å². The van der Waals surface area contributed by atoms with E-state index in [0.29, 0.717) is 12.4 Å². The van der Waals surface area contributed by atoms with E-state index in [4.69, 9.17) is 10.5 Å². The molecule has 100 valence electrons. The second kappa shape index (κ2) is 6.45. The van der Waals surface area contributed by atoms with E-state index < -0.39 is 0 Å². The fraction of sp³-hybridized carbons (Fsp3) is 0.231. The number of nitrogens with zero attached hydrogens (tertiary/aromatic N) is 2. The largest absolute Gasteiger partial charge is 0.492 e. The van der Waals surface area contributed by atoms with Crippen LogP contribution in [-0.2, 0) is 0 Å². The Balaban J connectivity index is 2.32. The maximum absolute atomic E-state index is 6.23. The Morgan fingerprint density at radius 2 is 2.05 bits per heavy atom. The smallest absolute Gasteiger partial charge is 0.137 e. The summed E-state index contributed by atoms with van der Waals surface area (Å²) < 4.78 is 7.18. The molecule has 0 saturated carbocycles. The Labute approximate surface area is 128 Å². The van der Waals surface area contributed by atoms with Gasteiger partial charge in [0, 0.05) is 21.3 Å². The monoisotopic (exact) mass is 385 g/mol. The molecule has 0 aliphatic heterocycles. The number of hydrogen-bond donors (Lipinski definition) is 1. The molecule has 2 rings (SSSR count). The maximum Gasteiger partial charge on any atom is 0.137 e. The van der Waals surface area contributed by atoms with Crippen LogP contribution in [0, 0.1) is 0 Å². The van der Waals surface area contributed by atoms with Crippen LogP contribution in [0.1, 0.15) is 24.2 Å². The molecule has 2 aromatic heterocycles. The molecule has 2 N–H and O–H groups in total. The standard InChI is InChI=1S/C13H13Br2N3O/c1-2-19-10-3-8(5-17-7-10)12(16)13-11(15)4-9(14)6-18-13/h3-7,12H,2,16H2,1H3. The van der Waals surface area contributed by atoms with Gasteiger partial charge < -0.3 is 10.5 Å². The van der Waals surface area contributed by atoms with Crippen LogP contribution in [0.25, 0.3) is 0 Å². The van der Waals surface area contributed by atoms with E-state index in [1.54, 1.807) is 18.6 Å². The van der Waals surface area contributed by atoms with Crippen molar-refractivity contribution < 1.29 is 4.74 Å². The summed E-state index contributed by atoms with van der Waals surface area (Å²) in [6.45, 7) is 2.53. The Morgan fingerprint density at radius 3 is 2.74 bits per heavy atom. The Hall–Kier alpha value is -0.980. The van der Waals surface area contributed by atoms with Crippen LogP contribution in [0.5, 0.6) is 5.75 Å². The van der Waals surface area contributed by atoms with Gasteiger partial charge in [-0.2, -0.15) is 0 Å². The molecule has 0 aliphatic rings. The molecule has 0 saturated heterocycles. The van der Waals surface area contributed by atoms with Gasteiger partial charge in [0.05, 0.1) is 24.5 Å². The zero-order valence-corrected chi connectivity index (χ0v) is 13.5. The van der Waals surface area contributed by atoms with Gasteiger partial charge in [-0.15, -0.1) is 0 Å². The van der Waals surface area contributed by atoms with Crippen molar-refractivity contribution in [3.05, 3.63) is 50.9 Å². The van der Waals surface area contributed by atoms with Crippen molar-refractivity contribution in [1.82, 2.24) is 9.97 Å². The molecule has 2 aromatic rings. The topological polar surface area (TPSA) is 61.0 Å². The van der Waals surface area contributed by atoms with Crippen LogP contribution in [0.15, 0.2) is 39.7 Å². The van der Waals surface area contributed by atoms with Crippen LogP contribution >= 0.6 is 31.9 Å². The highest BCUT2D eigenvalue weighted by atomic mass is 79.9. The van der Waals surface area contributed by atoms with Crippen LogP contribution in [0.4, 0.5) is 0 Å². The first kappa shape index (κ1) is 14.4. The maximum atomic E-state index is 6.23. The van der Waals surface area contributed by atoms with Crippen LogP contribution in [0.2, 0.25) is 0 Å². The minimum atomic E-state index is -0.351. The van der Waals surface area contributed by atoms with E-state index in [9.17, 15) is 0 Å². The van der Waals surface area contributed by atoms with Crippen molar-refractivity contribution in [3.63, 3.8) is 0 Å². The Bertz CT molecular complexity index is 578. The first-order chi connectivity index (χ1) is 9.11. The Morgan fingerprint density at radius 1 is 1.26 bits per heavy atom. The lowest BCUT2D eigenvalue weighted by molar-refractivity contribution is 0.338. The number of hydrogen-bond acceptors (Lipinski definition) is 4. The minimum Gasteiger partial charge on any atom is -0.492 e. The first-order valence-corrected chi connectivity index (χ1v) is 7.34. The quantitative estimate of drug-likeness (QED) is 0.874. The average Bonchev–Trinajstić information content (AvgIpc) is 2.39. The summed E-state index contributed by atoms with van der Waals surface area (Å²) >= 11 is 6.84. The fourth-order valence-electron chi connectivity index (χ4n) is 1.66. The van der Waals surface area contributed by atoms with Gasteiger partial charge in [-0.1, -0.05) is 0 Å². The van der Waals surface area contributed by atoms with Gasteiger partial charge in [0.25, 0.3) is 0 Å². The number of rotatable bonds is 4. The number of ether oxygens (including phenoxy) is 1. The molecule has 0 fully saturated rings. The normalized spacial score (nSPS) is 12.2. The van der Waals surface area contributed by atoms with Crippen LogP contribution < -0.4 is 10.5 Å². The minimum absolute atomic E-state index is 0.351. The van der Waals surface area contributed by atoms with E-state index in [1.807, 2.05) is 19.1 Å². The molecule has 0 amide bonds. The molecule has 0 radical (unpaired) electrons. The zero-order chi connectivity index (χ0) is 13.8. The second-order valence-electron chi connectivity index (χ2n) is 3.89.